The number of thiol groups is 1. The van der Waals surface area contributed by atoms with Crippen LogP contribution in [-0.2, 0) is 14.3 Å². The Morgan fingerprint density at radius 1 is 1.56 bits per heavy atom. The number of hydrogen-bond acceptors (Lipinski definition) is 4. The summed E-state index contributed by atoms with van der Waals surface area (Å²) in [6.07, 6.45) is -0.317. The van der Waals surface area contributed by atoms with Gasteiger partial charge in [-0.15, -0.1) is 0 Å². The molecule has 1 amide bonds. The van der Waals surface area contributed by atoms with Crippen LogP contribution >= 0.6 is 12.6 Å². The Morgan fingerprint density at radius 2 is 2.25 bits per heavy atom. The van der Waals surface area contributed by atoms with Crippen LogP contribution in [0.3, 0.4) is 0 Å². The molecular formula is C11H19NO3S. The average Bonchev–Trinajstić information content (AvgIpc) is 2.65. The topological polar surface area (TPSA) is 47.6 Å². The zero-order chi connectivity index (χ0) is 11.9. The molecule has 0 aliphatic carbocycles. The van der Waals surface area contributed by atoms with Gasteiger partial charge >= 0.3 is 0 Å². The summed E-state index contributed by atoms with van der Waals surface area (Å²) < 4.78 is 11.6. The summed E-state index contributed by atoms with van der Waals surface area (Å²) in [7, 11) is 0. The van der Waals surface area contributed by atoms with Gasteiger partial charge in [0.1, 0.15) is 5.60 Å². The van der Waals surface area contributed by atoms with Crippen molar-refractivity contribution in [1.29, 1.82) is 0 Å². The van der Waals surface area contributed by atoms with Gasteiger partial charge in [0.2, 0.25) is 5.91 Å². The minimum absolute atomic E-state index is 0.0403. The maximum Gasteiger partial charge on any atom is 0.217 e. The Balaban J connectivity index is 2.19. The third-order valence-corrected chi connectivity index (χ3v) is 4.49. The van der Waals surface area contributed by atoms with Crippen LogP contribution in [0.5, 0.6) is 0 Å². The number of carbonyl (C=O) groups is 1. The zero-order valence-corrected chi connectivity index (χ0v) is 10.8. The number of nitrogens with one attached hydrogen (secondary N) is 1. The second-order valence-corrected chi connectivity index (χ2v) is 5.21. The van der Waals surface area contributed by atoms with Gasteiger partial charge in [-0.25, -0.2) is 0 Å². The lowest BCUT2D eigenvalue weighted by Crippen LogP contribution is -2.58. The molecule has 5 atom stereocenters. The van der Waals surface area contributed by atoms with E-state index in [4.69, 9.17) is 9.47 Å². The van der Waals surface area contributed by atoms with Gasteiger partial charge in [0.25, 0.3) is 0 Å². The summed E-state index contributed by atoms with van der Waals surface area (Å²) >= 11 is 4.36. The molecule has 0 saturated carbocycles. The molecule has 92 valence electrons. The van der Waals surface area contributed by atoms with Gasteiger partial charge in [0.15, 0.2) is 6.29 Å². The van der Waals surface area contributed by atoms with E-state index >= 15 is 0 Å². The van der Waals surface area contributed by atoms with Gasteiger partial charge in [-0.2, -0.15) is 12.6 Å². The third-order valence-electron chi connectivity index (χ3n) is 3.96. The Hall–Kier alpha value is -0.260. The second-order valence-electron chi connectivity index (χ2n) is 4.89. The van der Waals surface area contributed by atoms with Gasteiger partial charge in [-0.05, 0) is 11.8 Å². The van der Waals surface area contributed by atoms with Crippen molar-refractivity contribution in [2.24, 2.45) is 11.8 Å². The highest BCUT2D eigenvalue weighted by atomic mass is 32.1. The third kappa shape index (κ3) is 1.75. The molecular weight excluding hydrogens is 226 g/mol. The monoisotopic (exact) mass is 245 g/mol. The quantitative estimate of drug-likeness (QED) is 0.708. The number of ether oxygens (including phenoxy) is 2. The predicted molar refractivity (Wildman–Crippen MR) is 63.3 cm³/mol. The number of amides is 1. The lowest BCUT2D eigenvalue weighted by molar-refractivity contribution is -0.172. The highest BCUT2D eigenvalue weighted by molar-refractivity contribution is 7.80. The lowest BCUT2D eigenvalue weighted by atomic mass is 9.76. The van der Waals surface area contributed by atoms with E-state index in [0.717, 1.165) is 0 Å². The highest BCUT2D eigenvalue weighted by Gasteiger charge is 2.55. The lowest BCUT2D eigenvalue weighted by Gasteiger charge is -2.44. The van der Waals surface area contributed by atoms with Crippen molar-refractivity contribution in [3.63, 3.8) is 0 Å². The summed E-state index contributed by atoms with van der Waals surface area (Å²) in [5, 5.41) is 2.92. The van der Waals surface area contributed by atoms with Crippen LogP contribution in [0.1, 0.15) is 20.8 Å². The molecule has 0 unspecified atom stereocenters. The van der Waals surface area contributed by atoms with E-state index in [-0.39, 0.29) is 23.8 Å². The van der Waals surface area contributed by atoms with Crippen LogP contribution in [-0.4, -0.2) is 36.2 Å². The largest absolute Gasteiger partial charge is 0.348 e. The summed E-state index contributed by atoms with van der Waals surface area (Å²) in [5.41, 5.74) is -0.276. The molecule has 2 rings (SSSR count). The number of fused-ring (bicyclic) bond motifs is 2. The van der Waals surface area contributed by atoms with E-state index in [1.807, 2.05) is 0 Å². The van der Waals surface area contributed by atoms with Crippen LogP contribution in [0, 0.1) is 11.8 Å². The van der Waals surface area contributed by atoms with Gasteiger partial charge in [0, 0.05) is 12.7 Å². The van der Waals surface area contributed by atoms with Crippen molar-refractivity contribution < 1.29 is 14.3 Å². The minimum atomic E-state index is -0.317. The van der Waals surface area contributed by atoms with E-state index in [2.05, 4.69) is 31.8 Å². The molecule has 16 heavy (non-hydrogen) atoms. The first-order valence-electron chi connectivity index (χ1n) is 5.67. The van der Waals surface area contributed by atoms with Crippen molar-refractivity contribution in [2.75, 3.05) is 12.4 Å². The van der Waals surface area contributed by atoms with Gasteiger partial charge < -0.3 is 14.8 Å². The van der Waals surface area contributed by atoms with Crippen LogP contribution in [0.2, 0.25) is 0 Å². The van der Waals surface area contributed by atoms with Crippen LogP contribution in [0.25, 0.3) is 0 Å². The molecule has 2 aliphatic heterocycles. The molecule has 2 saturated heterocycles. The normalized spacial score (nSPS) is 46.8. The molecule has 5 heteroatoms. The van der Waals surface area contributed by atoms with E-state index in [0.29, 0.717) is 24.2 Å². The fraction of sp³-hybridized carbons (Fsp3) is 0.909. The van der Waals surface area contributed by atoms with Crippen LogP contribution in [0.4, 0.5) is 0 Å². The van der Waals surface area contributed by atoms with E-state index in [1.165, 1.54) is 6.92 Å². The number of rotatable bonds is 2. The first-order chi connectivity index (χ1) is 7.50. The summed E-state index contributed by atoms with van der Waals surface area (Å²) in [4.78, 5) is 11.2. The molecule has 0 aromatic heterocycles. The molecule has 2 aliphatic rings. The summed E-state index contributed by atoms with van der Waals surface area (Å²) in [6, 6.07) is -0.0528. The Bertz CT molecular complexity index is 299. The van der Waals surface area contributed by atoms with Crippen molar-refractivity contribution >= 4 is 18.5 Å². The Morgan fingerprint density at radius 3 is 2.81 bits per heavy atom. The average molecular weight is 245 g/mol. The Labute approximate surface area is 101 Å². The van der Waals surface area contributed by atoms with Crippen molar-refractivity contribution in [3.8, 4) is 0 Å². The first kappa shape index (κ1) is 12.2. The molecule has 0 aromatic rings. The molecule has 1 N–H and O–H groups in total. The minimum Gasteiger partial charge on any atom is -0.348 e. The second kappa shape index (κ2) is 4.20. The number of hydrogen-bond donors (Lipinski definition) is 2. The molecule has 2 bridgehead atoms. The molecule has 0 spiro atoms. The fourth-order valence-corrected chi connectivity index (χ4v) is 3.09. The molecule has 4 nitrogen and oxygen atoms in total. The van der Waals surface area contributed by atoms with E-state index in [9.17, 15) is 4.79 Å². The molecule has 0 radical (unpaired) electrons. The van der Waals surface area contributed by atoms with Gasteiger partial charge in [-0.1, -0.05) is 13.8 Å². The summed E-state index contributed by atoms with van der Waals surface area (Å²) in [5.74, 6) is 1.27. The predicted octanol–water partition coefficient (Wildman–Crippen LogP) is 0.818. The van der Waals surface area contributed by atoms with Crippen molar-refractivity contribution in [2.45, 2.75) is 38.7 Å². The maximum atomic E-state index is 11.2. The molecule has 2 fully saturated rings. The molecule has 0 aromatic carbocycles. The van der Waals surface area contributed by atoms with Crippen LogP contribution in [0.15, 0.2) is 0 Å². The van der Waals surface area contributed by atoms with Crippen molar-refractivity contribution in [1.82, 2.24) is 5.32 Å². The zero-order valence-electron chi connectivity index (χ0n) is 9.90. The summed E-state index contributed by atoms with van der Waals surface area (Å²) in [6.45, 7) is 6.36. The Kier molecular flexibility index (Phi) is 3.20. The maximum absolute atomic E-state index is 11.2. The highest BCUT2D eigenvalue weighted by Crippen LogP contribution is 2.44. The first-order valence-corrected chi connectivity index (χ1v) is 6.31. The van der Waals surface area contributed by atoms with E-state index in [1.54, 1.807) is 0 Å². The fourth-order valence-electron chi connectivity index (χ4n) is 2.64. The van der Waals surface area contributed by atoms with Gasteiger partial charge in [0.05, 0.1) is 12.6 Å². The number of carbonyl (C=O) groups excluding carboxylic acids is 1. The standard InChI is InChI=1S/C11H19NO3S/c1-6-7(2)11(5-16)4-14-10(15-11)9(6)12-8(3)13/h6-7,9-10,16H,4-5H2,1-3H3,(H,12,13)/t6-,7+,9+,10-,11+/m0/s1. The SMILES string of the molecule is CC(=O)N[C@H]1[C@H]2OC[C@](CS)(O2)[C@H](C)[C@@H]1C. The molecule has 2 heterocycles. The smallest absolute Gasteiger partial charge is 0.217 e. The van der Waals surface area contributed by atoms with Crippen molar-refractivity contribution in [3.05, 3.63) is 0 Å². The van der Waals surface area contributed by atoms with Crippen LogP contribution < -0.4 is 5.32 Å². The van der Waals surface area contributed by atoms with Gasteiger partial charge in [-0.3, -0.25) is 4.79 Å². The van der Waals surface area contributed by atoms with E-state index < -0.39 is 0 Å².